The predicted molar refractivity (Wildman–Crippen MR) is 60.8 cm³/mol. The van der Waals surface area contributed by atoms with Gasteiger partial charge in [-0.25, -0.2) is 9.97 Å². The maximum absolute atomic E-state index is 9.58. The highest BCUT2D eigenvalue weighted by Gasteiger charge is 2.30. The number of rotatable bonds is 4. The summed E-state index contributed by atoms with van der Waals surface area (Å²) in [6.07, 6.45) is 3.68. The van der Waals surface area contributed by atoms with E-state index in [1.165, 1.54) is 6.20 Å². The molecule has 1 aromatic heterocycles. The second-order valence-electron chi connectivity index (χ2n) is 4.76. The first-order valence-corrected chi connectivity index (χ1v) is 5.71. The molecule has 0 aliphatic heterocycles. The SMILES string of the molecule is CC(C)(O)COc1ncc(Cl)nc1C1CC1. The minimum atomic E-state index is -0.873. The Labute approximate surface area is 99.6 Å². The molecule has 0 aromatic carbocycles. The molecular formula is C11H15ClN2O2. The minimum absolute atomic E-state index is 0.197. The van der Waals surface area contributed by atoms with E-state index in [0.717, 1.165) is 18.5 Å². The third-order valence-electron chi connectivity index (χ3n) is 2.26. The lowest BCUT2D eigenvalue weighted by Crippen LogP contribution is -2.28. The summed E-state index contributed by atoms with van der Waals surface area (Å²) < 4.78 is 5.48. The number of aliphatic hydroxyl groups is 1. The minimum Gasteiger partial charge on any atom is -0.473 e. The van der Waals surface area contributed by atoms with Crippen LogP contribution in [0.3, 0.4) is 0 Å². The first-order valence-electron chi connectivity index (χ1n) is 5.33. The molecule has 0 radical (unpaired) electrons. The molecule has 1 aliphatic carbocycles. The Morgan fingerprint density at radius 3 is 2.81 bits per heavy atom. The molecule has 0 atom stereocenters. The maximum Gasteiger partial charge on any atom is 0.236 e. The zero-order chi connectivity index (χ0) is 11.8. The van der Waals surface area contributed by atoms with Crippen molar-refractivity contribution in [3.05, 3.63) is 17.0 Å². The van der Waals surface area contributed by atoms with Crippen molar-refractivity contribution < 1.29 is 9.84 Å². The van der Waals surface area contributed by atoms with Crippen molar-refractivity contribution >= 4 is 11.6 Å². The lowest BCUT2D eigenvalue weighted by atomic mass is 10.2. The monoisotopic (exact) mass is 242 g/mol. The number of hydrogen-bond acceptors (Lipinski definition) is 4. The summed E-state index contributed by atoms with van der Waals surface area (Å²) in [6, 6.07) is 0. The van der Waals surface area contributed by atoms with Crippen molar-refractivity contribution in [3.8, 4) is 5.88 Å². The lowest BCUT2D eigenvalue weighted by molar-refractivity contribution is 0.0263. The van der Waals surface area contributed by atoms with Crippen molar-refractivity contribution in [3.63, 3.8) is 0 Å². The number of aromatic nitrogens is 2. The zero-order valence-corrected chi connectivity index (χ0v) is 10.2. The van der Waals surface area contributed by atoms with Gasteiger partial charge in [0.15, 0.2) is 0 Å². The van der Waals surface area contributed by atoms with Gasteiger partial charge in [-0.15, -0.1) is 0 Å². The van der Waals surface area contributed by atoms with Crippen LogP contribution in [0.1, 0.15) is 38.3 Å². The molecule has 1 aliphatic rings. The summed E-state index contributed by atoms with van der Waals surface area (Å²) >= 11 is 5.80. The Hall–Kier alpha value is -0.870. The van der Waals surface area contributed by atoms with Gasteiger partial charge in [-0.2, -0.15) is 0 Å². The fraction of sp³-hybridized carbons (Fsp3) is 0.636. The third kappa shape index (κ3) is 3.06. The average Bonchev–Trinajstić information content (AvgIpc) is 2.97. The number of ether oxygens (including phenoxy) is 1. The molecule has 1 N–H and O–H groups in total. The summed E-state index contributed by atoms with van der Waals surface area (Å²) in [5.41, 5.74) is -0.0564. The van der Waals surface area contributed by atoms with E-state index in [9.17, 15) is 5.11 Å². The van der Waals surface area contributed by atoms with Crippen LogP contribution < -0.4 is 4.74 Å². The summed E-state index contributed by atoms with van der Waals surface area (Å²) in [4.78, 5) is 8.35. The molecule has 4 nitrogen and oxygen atoms in total. The summed E-state index contributed by atoms with van der Waals surface area (Å²) in [7, 11) is 0. The summed E-state index contributed by atoms with van der Waals surface area (Å²) in [6.45, 7) is 3.57. The quantitative estimate of drug-likeness (QED) is 0.879. The Kier molecular flexibility index (Phi) is 3.04. The Bertz CT molecular complexity index is 386. The zero-order valence-electron chi connectivity index (χ0n) is 9.40. The van der Waals surface area contributed by atoms with E-state index in [4.69, 9.17) is 16.3 Å². The molecule has 0 bridgehead atoms. The average molecular weight is 243 g/mol. The van der Waals surface area contributed by atoms with Crippen LogP contribution in [0, 0.1) is 0 Å². The van der Waals surface area contributed by atoms with Gasteiger partial charge < -0.3 is 9.84 Å². The molecule has 2 rings (SSSR count). The first kappa shape index (κ1) is 11.6. The van der Waals surface area contributed by atoms with Crippen LogP contribution in [0.2, 0.25) is 5.15 Å². The van der Waals surface area contributed by atoms with Gasteiger partial charge >= 0.3 is 0 Å². The molecule has 1 fully saturated rings. The highest BCUT2D eigenvalue weighted by atomic mass is 35.5. The van der Waals surface area contributed by atoms with E-state index in [-0.39, 0.29) is 6.61 Å². The molecule has 16 heavy (non-hydrogen) atoms. The van der Waals surface area contributed by atoms with Gasteiger partial charge in [0.25, 0.3) is 0 Å². The van der Waals surface area contributed by atoms with Crippen LogP contribution in [-0.2, 0) is 0 Å². The third-order valence-corrected chi connectivity index (χ3v) is 2.44. The van der Waals surface area contributed by atoms with Crippen molar-refractivity contribution in [2.75, 3.05) is 6.61 Å². The van der Waals surface area contributed by atoms with Gasteiger partial charge in [0.1, 0.15) is 17.5 Å². The second-order valence-corrected chi connectivity index (χ2v) is 5.15. The normalized spacial score (nSPS) is 16.2. The highest BCUT2D eigenvalue weighted by molar-refractivity contribution is 6.29. The molecular weight excluding hydrogens is 228 g/mol. The Morgan fingerprint density at radius 1 is 1.56 bits per heavy atom. The van der Waals surface area contributed by atoms with Crippen LogP contribution in [-0.4, -0.2) is 27.3 Å². The molecule has 0 saturated heterocycles. The summed E-state index contributed by atoms with van der Waals surface area (Å²) in [5, 5.41) is 9.97. The Balaban J connectivity index is 2.13. The van der Waals surface area contributed by atoms with E-state index in [2.05, 4.69) is 9.97 Å². The van der Waals surface area contributed by atoms with Gasteiger partial charge in [0.2, 0.25) is 5.88 Å². The molecule has 0 amide bonds. The van der Waals surface area contributed by atoms with Crippen LogP contribution in [0.15, 0.2) is 6.20 Å². The van der Waals surface area contributed by atoms with Crippen molar-refractivity contribution in [2.24, 2.45) is 0 Å². The van der Waals surface area contributed by atoms with Crippen molar-refractivity contribution in [1.29, 1.82) is 0 Å². The van der Waals surface area contributed by atoms with Crippen LogP contribution in [0.5, 0.6) is 5.88 Å². The predicted octanol–water partition coefficient (Wildman–Crippen LogP) is 2.16. The highest BCUT2D eigenvalue weighted by Crippen LogP contribution is 2.42. The van der Waals surface area contributed by atoms with Crippen LogP contribution >= 0.6 is 11.6 Å². The number of nitrogens with zero attached hydrogens (tertiary/aromatic N) is 2. The molecule has 1 aromatic rings. The van der Waals surface area contributed by atoms with Crippen LogP contribution in [0.25, 0.3) is 0 Å². The van der Waals surface area contributed by atoms with Gasteiger partial charge in [-0.3, -0.25) is 0 Å². The number of halogens is 1. The van der Waals surface area contributed by atoms with E-state index >= 15 is 0 Å². The molecule has 88 valence electrons. The van der Waals surface area contributed by atoms with E-state index in [0.29, 0.717) is 17.0 Å². The smallest absolute Gasteiger partial charge is 0.236 e. The van der Waals surface area contributed by atoms with Crippen LogP contribution in [0.4, 0.5) is 0 Å². The fourth-order valence-corrected chi connectivity index (χ4v) is 1.49. The van der Waals surface area contributed by atoms with E-state index < -0.39 is 5.60 Å². The maximum atomic E-state index is 9.58. The standard InChI is InChI=1S/C11H15ClN2O2/c1-11(2,15)6-16-10-9(7-3-4-7)14-8(12)5-13-10/h5,7,15H,3-4,6H2,1-2H3. The molecule has 1 heterocycles. The van der Waals surface area contributed by atoms with Gasteiger partial charge in [-0.1, -0.05) is 11.6 Å². The fourth-order valence-electron chi connectivity index (χ4n) is 1.35. The second kappa shape index (κ2) is 4.18. The summed E-state index contributed by atoms with van der Waals surface area (Å²) in [5.74, 6) is 0.914. The van der Waals surface area contributed by atoms with E-state index in [1.54, 1.807) is 13.8 Å². The topological polar surface area (TPSA) is 55.2 Å². The largest absolute Gasteiger partial charge is 0.473 e. The Morgan fingerprint density at radius 2 is 2.25 bits per heavy atom. The number of hydrogen-bond donors (Lipinski definition) is 1. The molecule has 5 heteroatoms. The van der Waals surface area contributed by atoms with Gasteiger partial charge in [0, 0.05) is 5.92 Å². The van der Waals surface area contributed by atoms with E-state index in [1.807, 2.05) is 0 Å². The molecule has 0 unspecified atom stereocenters. The van der Waals surface area contributed by atoms with Gasteiger partial charge in [0.05, 0.1) is 11.8 Å². The molecule has 0 spiro atoms. The first-order chi connectivity index (χ1) is 7.46. The lowest BCUT2D eigenvalue weighted by Gasteiger charge is -2.18. The van der Waals surface area contributed by atoms with Crippen molar-refractivity contribution in [1.82, 2.24) is 9.97 Å². The van der Waals surface area contributed by atoms with Gasteiger partial charge in [-0.05, 0) is 26.7 Å². The van der Waals surface area contributed by atoms with Crippen molar-refractivity contribution in [2.45, 2.75) is 38.2 Å². The molecule has 1 saturated carbocycles.